The second-order valence-corrected chi connectivity index (χ2v) is 6.58. The Labute approximate surface area is 106 Å². The molecule has 17 heavy (non-hydrogen) atoms. The summed E-state index contributed by atoms with van der Waals surface area (Å²) in [5.74, 6) is 2.13. The van der Waals surface area contributed by atoms with Gasteiger partial charge >= 0.3 is 0 Å². The van der Waals surface area contributed by atoms with Gasteiger partial charge < -0.3 is 10.2 Å². The number of rotatable bonds is 7. The van der Waals surface area contributed by atoms with Crippen molar-refractivity contribution >= 4 is 0 Å². The summed E-state index contributed by atoms with van der Waals surface area (Å²) in [6, 6.07) is 0.824. The molecule has 3 fully saturated rings. The molecule has 0 aromatic carbocycles. The molecule has 0 spiro atoms. The molecule has 98 valence electrons. The molecule has 3 rings (SSSR count). The van der Waals surface area contributed by atoms with E-state index in [4.69, 9.17) is 0 Å². The molecule has 2 saturated carbocycles. The third-order valence-electron chi connectivity index (χ3n) is 4.63. The van der Waals surface area contributed by atoms with Crippen molar-refractivity contribution in [3.05, 3.63) is 0 Å². The lowest BCUT2D eigenvalue weighted by Gasteiger charge is -2.28. The second kappa shape index (κ2) is 5.71. The molecule has 2 heteroatoms. The molecule has 0 radical (unpaired) electrons. The van der Waals surface area contributed by atoms with Gasteiger partial charge in [0.1, 0.15) is 0 Å². The van der Waals surface area contributed by atoms with Crippen LogP contribution in [0.5, 0.6) is 0 Å². The molecule has 1 heterocycles. The molecular weight excluding hydrogens is 208 g/mol. The maximum atomic E-state index is 3.69. The first-order valence-corrected chi connectivity index (χ1v) is 7.86. The third kappa shape index (κ3) is 4.26. The molecule has 1 unspecified atom stereocenters. The minimum atomic E-state index is 0.824. The van der Waals surface area contributed by atoms with Crippen LogP contribution in [-0.4, -0.2) is 37.1 Å². The number of hydrogen-bond donors (Lipinski definition) is 1. The fourth-order valence-electron chi connectivity index (χ4n) is 3.10. The summed E-state index contributed by atoms with van der Waals surface area (Å²) in [4.78, 5) is 2.78. The van der Waals surface area contributed by atoms with E-state index in [1.807, 2.05) is 0 Å². The van der Waals surface area contributed by atoms with E-state index < -0.39 is 0 Å². The minimum Gasteiger partial charge on any atom is -0.314 e. The van der Waals surface area contributed by atoms with E-state index in [0.29, 0.717) is 0 Å². The first kappa shape index (κ1) is 12.0. The van der Waals surface area contributed by atoms with E-state index in [1.54, 1.807) is 0 Å². The zero-order valence-electron chi connectivity index (χ0n) is 11.2. The highest BCUT2D eigenvalue weighted by atomic mass is 15.1. The minimum absolute atomic E-state index is 0.824. The van der Waals surface area contributed by atoms with Crippen molar-refractivity contribution in [1.29, 1.82) is 0 Å². The molecule has 0 amide bonds. The average molecular weight is 236 g/mol. The Hall–Kier alpha value is -0.0800. The third-order valence-corrected chi connectivity index (χ3v) is 4.63. The molecule has 2 nitrogen and oxygen atoms in total. The van der Waals surface area contributed by atoms with Gasteiger partial charge in [-0.2, -0.15) is 0 Å². The van der Waals surface area contributed by atoms with Crippen LogP contribution in [-0.2, 0) is 0 Å². The molecule has 1 aliphatic heterocycles. The average Bonchev–Trinajstić information content (AvgIpc) is 3.23. The molecule has 2 aliphatic carbocycles. The first-order valence-electron chi connectivity index (χ1n) is 7.86. The molecular formula is C15H28N2. The number of nitrogens with zero attached hydrogens (tertiary/aromatic N) is 1. The Bertz CT molecular complexity index is 213. The highest BCUT2D eigenvalue weighted by Gasteiger charge is 2.29. The summed E-state index contributed by atoms with van der Waals surface area (Å²) in [5, 5.41) is 3.69. The van der Waals surface area contributed by atoms with Crippen molar-refractivity contribution < 1.29 is 0 Å². The van der Waals surface area contributed by atoms with Gasteiger partial charge in [0.05, 0.1) is 0 Å². The van der Waals surface area contributed by atoms with Crippen LogP contribution in [0.4, 0.5) is 0 Å². The predicted molar refractivity (Wildman–Crippen MR) is 72.1 cm³/mol. The predicted octanol–water partition coefficient (Wildman–Crippen LogP) is 2.64. The van der Waals surface area contributed by atoms with E-state index in [1.165, 1.54) is 77.5 Å². The van der Waals surface area contributed by atoms with Gasteiger partial charge in [-0.15, -0.1) is 0 Å². The van der Waals surface area contributed by atoms with Crippen molar-refractivity contribution in [3.63, 3.8) is 0 Å². The van der Waals surface area contributed by atoms with Crippen molar-refractivity contribution in [1.82, 2.24) is 10.2 Å². The van der Waals surface area contributed by atoms with Crippen molar-refractivity contribution in [2.75, 3.05) is 26.2 Å². The summed E-state index contributed by atoms with van der Waals surface area (Å²) in [5.41, 5.74) is 0. The fraction of sp³-hybridized carbons (Fsp3) is 1.00. The lowest BCUT2D eigenvalue weighted by atomic mass is 10.0. The Morgan fingerprint density at radius 3 is 2.12 bits per heavy atom. The molecule has 0 aromatic heterocycles. The smallest absolute Gasteiger partial charge is 0.00792 e. The lowest BCUT2D eigenvalue weighted by Crippen LogP contribution is -2.38. The number of piperidine rings is 1. The summed E-state index contributed by atoms with van der Waals surface area (Å²) in [7, 11) is 0. The van der Waals surface area contributed by atoms with Crippen LogP contribution < -0.4 is 5.32 Å². The molecule has 0 bridgehead atoms. The highest BCUT2D eigenvalue weighted by molar-refractivity contribution is 4.83. The summed E-state index contributed by atoms with van der Waals surface area (Å²) in [6.07, 6.45) is 11.7. The van der Waals surface area contributed by atoms with Gasteiger partial charge in [-0.05, 0) is 69.9 Å². The molecule has 3 aliphatic rings. The van der Waals surface area contributed by atoms with Crippen molar-refractivity contribution in [2.24, 2.45) is 11.8 Å². The van der Waals surface area contributed by atoms with Crippen LogP contribution in [0.15, 0.2) is 0 Å². The molecule has 1 saturated heterocycles. The standard InChI is InChI=1S/C15H28N2/c1-2-9-16-15(3-1)8-10-17(11-13-4-5-13)12-14-6-7-14/h13-16H,1-12H2. The van der Waals surface area contributed by atoms with E-state index in [-0.39, 0.29) is 0 Å². The Morgan fingerprint density at radius 2 is 1.59 bits per heavy atom. The first-order chi connectivity index (χ1) is 8.40. The number of nitrogens with one attached hydrogen (secondary N) is 1. The number of hydrogen-bond acceptors (Lipinski definition) is 2. The maximum Gasteiger partial charge on any atom is 0.00792 e. The van der Waals surface area contributed by atoms with Crippen LogP contribution >= 0.6 is 0 Å². The van der Waals surface area contributed by atoms with Gasteiger partial charge in [0, 0.05) is 19.1 Å². The molecule has 0 aromatic rings. The lowest BCUT2D eigenvalue weighted by molar-refractivity contribution is 0.230. The van der Waals surface area contributed by atoms with Crippen LogP contribution in [0.2, 0.25) is 0 Å². The maximum absolute atomic E-state index is 3.69. The summed E-state index contributed by atoms with van der Waals surface area (Å²) >= 11 is 0. The van der Waals surface area contributed by atoms with Crippen LogP contribution in [0.3, 0.4) is 0 Å². The summed E-state index contributed by atoms with van der Waals surface area (Å²) in [6.45, 7) is 5.42. The molecule has 1 atom stereocenters. The van der Waals surface area contributed by atoms with Gasteiger partial charge in [0.25, 0.3) is 0 Å². The zero-order valence-corrected chi connectivity index (χ0v) is 11.2. The van der Waals surface area contributed by atoms with E-state index >= 15 is 0 Å². The summed E-state index contributed by atoms with van der Waals surface area (Å²) < 4.78 is 0. The van der Waals surface area contributed by atoms with E-state index in [0.717, 1.165) is 17.9 Å². The van der Waals surface area contributed by atoms with E-state index in [9.17, 15) is 0 Å². The second-order valence-electron chi connectivity index (χ2n) is 6.58. The SMILES string of the molecule is C1CCC(CCN(CC2CC2)CC2CC2)NC1. The van der Waals surface area contributed by atoms with Gasteiger partial charge in [-0.1, -0.05) is 6.42 Å². The van der Waals surface area contributed by atoms with Gasteiger partial charge in [-0.3, -0.25) is 0 Å². The quantitative estimate of drug-likeness (QED) is 0.731. The monoisotopic (exact) mass is 236 g/mol. The highest BCUT2D eigenvalue weighted by Crippen LogP contribution is 2.33. The van der Waals surface area contributed by atoms with Crippen LogP contribution in [0.1, 0.15) is 51.4 Å². The largest absolute Gasteiger partial charge is 0.314 e. The van der Waals surface area contributed by atoms with Crippen molar-refractivity contribution in [3.8, 4) is 0 Å². The zero-order chi connectivity index (χ0) is 11.5. The van der Waals surface area contributed by atoms with Gasteiger partial charge in [0.2, 0.25) is 0 Å². The molecule has 1 N–H and O–H groups in total. The Kier molecular flexibility index (Phi) is 4.02. The Balaban J connectivity index is 1.38. The van der Waals surface area contributed by atoms with Crippen molar-refractivity contribution in [2.45, 2.75) is 57.4 Å². The van der Waals surface area contributed by atoms with Crippen LogP contribution in [0.25, 0.3) is 0 Å². The van der Waals surface area contributed by atoms with E-state index in [2.05, 4.69) is 10.2 Å². The topological polar surface area (TPSA) is 15.3 Å². The van der Waals surface area contributed by atoms with Gasteiger partial charge in [-0.25, -0.2) is 0 Å². The Morgan fingerprint density at radius 1 is 0.882 bits per heavy atom. The normalized spacial score (nSPS) is 29.8. The van der Waals surface area contributed by atoms with Crippen LogP contribution in [0, 0.1) is 11.8 Å². The van der Waals surface area contributed by atoms with Gasteiger partial charge in [0.15, 0.2) is 0 Å². The fourth-order valence-corrected chi connectivity index (χ4v) is 3.10.